The Hall–Kier alpha value is -0.180. The van der Waals surface area contributed by atoms with Crippen molar-refractivity contribution in [1.29, 1.82) is 0 Å². The third-order valence-corrected chi connectivity index (χ3v) is 4.39. The Morgan fingerprint density at radius 1 is 1.20 bits per heavy atom. The lowest BCUT2D eigenvalue weighted by Crippen LogP contribution is -2.26. The molecule has 0 aromatic heterocycles. The van der Waals surface area contributed by atoms with Crippen LogP contribution in [0.2, 0.25) is 0 Å². The molecule has 0 radical (unpaired) electrons. The molecule has 0 aromatic carbocycles. The van der Waals surface area contributed by atoms with E-state index >= 15 is 0 Å². The number of nitrogens with zero attached hydrogens (tertiary/aromatic N) is 1. The van der Waals surface area contributed by atoms with Gasteiger partial charge in [-0.25, -0.2) is 0 Å². The Bertz CT molecular complexity index is 210. The molecule has 86 valence electrons. The molecule has 3 heteroatoms. The van der Waals surface area contributed by atoms with Crippen LogP contribution in [0.3, 0.4) is 0 Å². The van der Waals surface area contributed by atoms with Crippen molar-refractivity contribution >= 4 is 16.9 Å². The molecule has 2 rings (SSSR count). The number of hydrogen-bond donors (Lipinski definition) is 1. The Kier molecular flexibility index (Phi) is 4.84. The van der Waals surface area contributed by atoms with Gasteiger partial charge in [-0.15, -0.1) is 0 Å². The van der Waals surface area contributed by atoms with Crippen LogP contribution in [0.1, 0.15) is 44.9 Å². The maximum atomic E-state index is 4.48. The van der Waals surface area contributed by atoms with Gasteiger partial charge in [0.25, 0.3) is 0 Å². The largest absolute Gasteiger partial charge is 0.365 e. The van der Waals surface area contributed by atoms with Crippen LogP contribution in [0.4, 0.5) is 0 Å². The van der Waals surface area contributed by atoms with E-state index in [0.29, 0.717) is 0 Å². The normalized spacial score (nSPS) is 23.6. The minimum Gasteiger partial charge on any atom is -0.365 e. The predicted molar refractivity (Wildman–Crippen MR) is 68.6 cm³/mol. The van der Waals surface area contributed by atoms with E-state index in [9.17, 15) is 0 Å². The first-order valence-corrected chi connectivity index (χ1v) is 7.35. The zero-order valence-electron chi connectivity index (χ0n) is 9.50. The predicted octanol–water partition coefficient (Wildman–Crippen LogP) is 3.04. The standard InChI is InChI=1S/C12H22N2S/c1-2-5-11(6-3-1)7-9-14-12-13-8-4-10-15-12/h11H,1-10H2,(H,13,14). The molecule has 0 spiro atoms. The fourth-order valence-electron chi connectivity index (χ4n) is 2.43. The molecule has 2 aliphatic rings. The van der Waals surface area contributed by atoms with E-state index in [0.717, 1.165) is 19.0 Å². The molecule has 1 fully saturated rings. The first-order chi connectivity index (χ1) is 7.45. The van der Waals surface area contributed by atoms with Crippen LogP contribution in [-0.2, 0) is 0 Å². The molecule has 1 aliphatic heterocycles. The second kappa shape index (κ2) is 6.41. The van der Waals surface area contributed by atoms with Gasteiger partial charge in [0, 0.05) is 18.8 Å². The van der Waals surface area contributed by atoms with Crippen molar-refractivity contribution in [3.8, 4) is 0 Å². The molecule has 15 heavy (non-hydrogen) atoms. The summed E-state index contributed by atoms with van der Waals surface area (Å²) in [7, 11) is 0. The van der Waals surface area contributed by atoms with Crippen molar-refractivity contribution in [1.82, 2.24) is 5.32 Å². The minimum atomic E-state index is 0.987. The summed E-state index contributed by atoms with van der Waals surface area (Å²) >= 11 is 1.89. The average molecular weight is 226 g/mol. The zero-order valence-corrected chi connectivity index (χ0v) is 10.3. The fraction of sp³-hybridized carbons (Fsp3) is 0.917. The fourth-order valence-corrected chi connectivity index (χ4v) is 3.28. The molecule has 0 saturated heterocycles. The van der Waals surface area contributed by atoms with Crippen molar-refractivity contribution in [3.05, 3.63) is 0 Å². The Labute approximate surface area is 97.3 Å². The molecule has 1 saturated carbocycles. The Morgan fingerprint density at radius 2 is 2.07 bits per heavy atom. The molecule has 0 atom stereocenters. The molecular weight excluding hydrogens is 204 g/mol. The third kappa shape index (κ3) is 4.06. The topological polar surface area (TPSA) is 24.4 Å². The van der Waals surface area contributed by atoms with Crippen LogP contribution in [0.5, 0.6) is 0 Å². The van der Waals surface area contributed by atoms with Crippen molar-refractivity contribution in [2.45, 2.75) is 44.9 Å². The SMILES string of the molecule is C1CCC(CCNC2=NCCCS2)CC1. The molecule has 2 nitrogen and oxygen atoms in total. The molecular formula is C12H22N2S. The van der Waals surface area contributed by atoms with Gasteiger partial charge < -0.3 is 5.32 Å². The molecule has 0 amide bonds. The molecule has 0 bridgehead atoms. The lowest BCUT2D eigenvalue weighted by molar-refractivity contribution is 0.339. The van der Waals surface area contributed by atoms with E-state index < -0.39 is 0 Å². The summed E-state index contributed by atoms with van der Waals surface area (Å²) in [5, 5.41) is 4.67. The highest BCUT2D eigenvalue weighted by Gasteiger charge is 2.13. The molecule has 1 heterocycles. The maximum Gasteiger partial charge on any atom is 0.156 e. The molecule has 1 aliphatic carbocycles. The number of thioether (sulfide) groups is 1. The second-order valence-electron chi connectivity index (χ2n) is 4.61. The van der Waals surface area contributed by atoms with E-state index in [1.165, 1.54) is 55.9 Å². The molecule has 1 N–H and O–H groups in total. The Morgan fingerprint density at radius 3 is 2.80 bits per heavy atom. The summed E-state index contributed by atoms with van der Waals surface area (Å²) in [6, 6.07) is 0. The van der Waals surface area contributed by atoms with Crippen LogP contribution < -0.4 is 5.32 Å². The highest BCUT2D eigenvalue weighted by atomic mass is 32.2. The van der Waals surface area contributed by atoms with Crippen LogP contribution in [0, 0.1) is 5.92 Å². The van der Waals surface area contributed by atoms with Gasteiger partial charge in [0.05, 0.1) is 0 Å². The van der Waals surface area contributed by atoms with Gasteiger partial charge in [-0.3, -0.25) is 4.99 Å². The van der Waals surface area contributed by atoms with Gasteiger partial charge in [0.15, 0.2) is 5.17 Å². The van der Waals surface area contributed by atoms with Crippen LogP contribution in [0.15, 0.2) is 4.99 Å². The lowest BCUT2D eigenvalue weighted by atomic mass is 9.87. The van der Waals surface area contributed by atoms with E-state index in [1.807, 2.05) is 11.8 Å². The maximum absolute atomic E-state index is 4.48. The van der Waals surface area contributed by atoms with Crippen molar-refractivity contribution in [2.24, 2.45) is 10.9 Å². The van der Waals surface area contributed by atoms with Gasteiger partial charge in [-0.2, -0.15) is 0 Å². The molecule has 0 unspecified atom stereocenters. The molecule has 0 aromatic rings. The van der Waals surface area contributed by atoms with Crippen LogP contribution >= 0.6 is 11.8 Å². The number of amidine groups is 1. The van der Waals surface area contributed by atoms with E-state index in [2.05, 4.69) is 10.3 Å². The average Bonchev–Trinajstić information content (AvgIpc) is 2.32. The van der Waals surface area contributed by atoms with Gasteiger partial charge in [0.1, 0.15) is 0 Å². The zero-order chi connectivity index (χ0) is 10.3. The Balaban J connectivity index is 1.59. The van der Waals surface area contributed by atoms with Gasteiger partial charge in [0.2, 0.25) is 0 Å². The van der Waals surface area contributed by atoms with E-state index in [4.69, 9.17) is 0 Å². The number of nitrogens with one attached hydrogen (secondary N) is 1. The minimum absolute atomic E-state index is 0.987. The van der Waals surface area contributed by atoms with Crippen LogP contribution in [-0.4, -0.2) is 24.0 Å². The number of hydrogen-bond acceptors (Lipinski definition) is 3. The summed E-state index contributed by atoms with van der Waals surface area (Å²) in [6.07, 6.45) is 9.90. The lowest BCUT2D eigenvalue weighted by Gasteiger charge is -2.22. The van der Waals surface area contributed by atoms with Crippen LogP contribution in [0.25, 0.3) is 0 Å². The third-order valence-electron chi connectivity index (χ3n) is 3.35. The first kappa shape index (κ1) is 11.3. The van der Waals surface area contributed by atoms with Gasteiger partial charge in [-0.05, 0) is 18.8 Å². The van der Waals surface area contributed by atoms with E-state index in [1.54, 1.807) is 0 Å². The van der Waals surface area contributed by atoms with Gasteiger partial charge >= 0.3 is 0 Å². The summed E-state index contributed by atoms with van der Waals surface area (Å²) in [4.78, 5) is 4.48. The van der Waals surface area contributed by atoms with Crippen molar-refractivity contribution < 1.29 is 0 Å². The summed E-state index contributed by atoms with van der Waals surface area (Å²) in [6.45, 7) is 2.16. The highest BCUT2D eigenvalue weighted by molar-refractivity contribution is 8.13. The van der Waals surface area contributed by atoms with Gasteiger partial charge in [-0.1, -0.05) is 43.9 Å². The second-order valence-corrected chi connectivity index (χ2v) is 5.69. The number of rotatable bonds is 3. The smallest absolute Gasteiger partial charge is 0.156 e. The van der Waals surface area contributed by atoms with Crippen molar-refractivity contribution in [2.75, 3.05) is 18.8 Å². The number of aliphatic imine (C=N–C) groups is 1. The highest BCUT2D eigenvalue weighted by Crippen LogP contribution is 2.25. The summed E-state index contributed by atoms with van der Waals surface area (Å²) in [5.41, 5.74) is 0. The quantitative estimate of drug-likeness (QED) is 0.800. The first-order valence-electron chi connectivity index (χ1n) is 6.36. The van der Waals surface area contributed by atoms with Crippen molar-refractivity contribution in [3.63, 3.8) is 0 Å². The van der Waals surface area contributed by atoms with E-state index in [-0.39, 0.29) is 0 Å². The summed E-state index contributed by atoms with van der Waals surface area (Å²) in [5.74, 6) is 2.23. The monoisotopic (exact) mass is 226 g/mol. The summed E-state index contributed by atoms with van der Waals surface area (Å²) < 4.78 is 0.